The first-order chi connectivity index (χ1) is 15.0. The van der Waals surface area contributed by atoms with Gasteiger partial charge in [-0.2, -0.15) is 4.98 Å². The van der Waals surface area contributed by atoms with Crippen LogP contribution >= 0.6 is 15.9 Å². The Morgan fingerprint density at radius 3 is 2.61 bits per heavy atom. The number of aromatic nitrogens is 2. The largest absolute Gasteiger partial charge is 0.486 e. The molecule has 1 unspecified atom stereocenters. The van der Waals surface area contributed by atoms with Crippen molar-refractivity contribution >= 4 is 21.8 Å². The van der Waals surface area contributed by atoms with Crippen LogP contribution in [-0.4, -0.2) is 16.0 Å². The normalized spacial score (nSPS) is 11.8. The summed E-state index contributed by atoms with van der Waals surface area (Å²) in [7, 11) is 0. The molecule has 0 aliphatic carbocycles. The van der Waals surface area contributed by atoms with E-state index in [-0.39, 0.29) is 24.1 Å². The zero-order chi connectivity index (χ0) is 21.8. The maximum Gasteiger partial charge on any atom is 0.287 e. The van der Waals surface area contributed by atoms with Crippen LogP contribution in [0.1, 0.15) is 35.2 Å². The van der Waals surface area contributed by atoms with E-state index in [9.17, 15) is 9.18 Å². The number of rotatable bonds is 7. The van der Waals surface area contributed by atoms with Crippen LogP contribution in [0.25, 0.3) is 11.4 Å². The van der Waals surface area contributed by atoms with Crippen LogP contribution in [0.4, 0.5) is 4.39 Å². The van der Waals surface area contributed by atoms with E-state index in [2.05, 4.69) is 31.4 Å². The minimum absolute atomic E-state index is 0.138. The predicted octanol–water partition coefficient (Wildman–Crippen LogP) is 5.30. The molecule has 0 spiro atoms. The Morgan fingerprint density at radius 2 is 1.87 bits per heavy atom. The van der Waals surface area contributed by atoms with Crippen LogP contribution in [0.15, 0.2) is 74.1 Å². The number of nitrogens with zero attached hydrogens (tertiary/aromatic N) is 2. The van der Waals surface area contributed by atoms with E-state index in [1.165, 1.54) is 12.1 Å². The fourth-order valence-corrected chi connectivity index (χ4v) is 2.98. The first kappa shape index (κ1) is 20.8. The van der Waals surface area contributed by atoms with Crippen molar-refractivity contribution in [2.75, 3.05) is 0 Å². The number of benzene rings is 2. The third-order valence-electron chi connectivity index (χ3n) is 4.34. The topological polar surface area (TPSA) is 90.4 Å². The fourth-order valence-electron chi connectivity index (χ4n) is 2.72. The molecule has 9 heteroatoms. The number of furan rings is 1. The van der Waals surface area contributed by atoms with Crippen molar-refractivity contribution in [3.8, 4) is 17.1 Å². The Bertz CT molecular complexity index is 1170. The van der Waals surface area contributed by atoms with Gasteiger partial charge in [0.2, 0.25) is 11.7 Å². The van der Waals surface area contributed by atoms with E-state index in [0.717, 1.165) is 4.47 Å². The van der Waals surface area contributed by atoms with E-state index in [0.29, 0.717) is 22.9 Å². The molecule has 2 aromatic heterocycles. The molecule has 0 bridgehead atoms. The van der Waals surface area contributed by atoms with E-state index in [4.69, 9.17) is 13.7 Å². The van der Waals surface area contributed by atoms with E-state index in [1.54, 1.807) is 31.2 Å². The number of carbonyl (C=O) groups excluding carboxylic acids is 1. The summed E-state index contributed by atoms with van der Waals surface area (Å²) < 4.78 is 30.4. The van der Waals surface area contributed by atoms with Gasteiger partial charge in [-0.05, 0) is 67.6 Å². The SMILES string of the molecule is CC(NC(=O)c1ccc(COc2ccc(Br)cc2)o1)c1nc(-c2ccc(F)cc2)no1. The maximum absolute atomic E-state index is 13.1. The number of halogens is 2. The summed E-state index contributed by atoms with van der Waals surface area (Å²) in [5.41, 5.74) is 0.608. The third-order valence-corrected chi connectivity index (χ3v) is 4.87. The molecule has 1 atom stereocenters. The Balaban J connectivity index is 1.35. The van der Waals surface area contributed by atoms with Crippen molar-refractivity contribution in [1.29, 1.82) is 0 Å². The van der Waals surface area contributed by atoms with E-state index >= 15 is 0 Å². The van der Waals surface area contributed by atoms with Crippen molar-refractivity contribution in [2.45, 2.75) is 19.6 Å². The van der Waals surface area contributed by atoms with Crippen molar-refractivity contribution in [2.24, 2.45) is 0 Å². The second-order valence-electron chi connectivity index (χ2n) is 6.67. The lowest BCUT2D eigenvalue weighted by Crippen LogP contribution is -2.26. The van der Waals surface area contributed by atoms with Crippen molar-refractivity contribution < 1.29 is 22.9 Å². The molecule has 31 heavy (non-hydrogen) atoms. The second-order valence-corrected chi connectivity index (χ2v) is 7.58. The number of hydrogen-bond acceptors (Lipinski definition) is 6. The van der Waals surface area contributed by atoms with Crippen LogP contribution in [0.5, 0.6) is 5.75 Å². The van der Waals surface area contributed by atoms with E-state index in [1.807, 2.05) is 24.3 Å². The average molecular weight is 486 g/mol. The molecule has 4 rings (SSSR count). The molecule has 4 aromatic rings. The summed E-state index contributed by atoms with van der Waals surface area (Å²) in [6.45, 7) is 1.90. The van der Waals surface area contributed by atoms with Crippen LogP contribution in [-0.2, 0) is 6.61 Å². The molecule has 158 valence electrons. The number of ether oxygens (including phenoxy) is 1. The van der Waals surface area contributed by atoms with Gasteiger partial charge in [-0.25, -0.2) is 4.39 Å². The molecule has 0 radical (unpaired) electrons. The first-order valence-corrected chi connectivity index (χ1v) is 10.1. The summed E-state index contributed by atoms with van der Waals surface area (Å²) in [6, 6.07) is 15.8. The Labute approximate surface area is 185 Å². The Kier molecular flexibility index (Phi) is 6.13. The van der Waals surface area contributed by atoms with Crippen LogP contribution < -0.4 is 10.1 Å². The number of hydrogen-bond donors (Lipinski definition) is 1. The number of amides is 1. The highest BCUT2D eigenvalue weighted by Gasteiger charge is 2.20. The van der Waals surface area contributed by atoms with Gasteiger partial charge in [-0.15, -0.1) is 0 Å². The van der Waals surface area contributed by atoms with Gasteiger partial charge < -0.3 is 19.0 Å². The zero-order valence-electron chi connectivity index (χ0n) is 16.3. The van der Waals surface area contributed by atoms with Gasteiger partial charge in [-0.3, -0.25) is 4.79 Å². The third kappa shape index (κ3) is 5.18. The second kappa shape index (κ2) is 9.13. The van der Waals surface area contributed by atoms with Gasteiger partial charge in [-0.1, -0.05) is 21.1 Å². The standard InChI is InChI=1S/C22H17BrFN3O4/c1-13(22-26-20(27-31-22)14-2-6-16(24)7-3-14)25-21(28)19-11-10-18(30-19)12-29-17-8-4-15(23)5-9-17/h2-11,13H,12H2,1H3,(H,25,28). The van der Waals surface area contributed by atoms with Crippen LogP contribution in [0.3, 0.4) is 0 Å². The lowest BCUT2D eigenvalue weighted by molar-refractivity contribution is 0.0900. The first-order valence-electron chi connectivity index (χ1n) is 9.35. The molecule has 0 saturated heterocycles. The van der Waals surface area contributed by atoms with Crippen LogP contribution in [0.2, 0.25) is 0 Å². The molecular formula is C22H17BrFN3O4. The predicted molar refractivity (Wildman–Crippen MR) is 113 cm³/mol. The van der Waals surface area contributed by atoms with Crippen LogP contribution in [0, 0.1) is 5.82 Å². The van der Waals surface area contributed by atoms with Crippen molar-refractivity contribution in [3.63, 3.8) is 0 Å². The lowest BCUT2D eigenvalue weighted by atomic mass is 10.2. The summed E-state index contributed by atoms with van der Waals surface area (Å²) in [6.07, 6.45) is 0. The molecule has 1 amide bonds. The molecule has 2 aromatic carbocycles. The minimum Gasteiger partial charge on any atom is -0.486 e. The smallest absolute Gasteiger partial charge is 0.287 e. The van der Waals surface area contributed by atoms with E-state index < -0.39 is 11.9 Å². The van der Waals surface area contributed by atoms with Crippen molar-refractivity contribution in [1.82, 2.24) is 15.5 Å². The maximum atomic E-state index is 13.1. The summed E-state index contributed by atoms with van der Waals surface area (Å²) in [5.74, 6) is 1.08. The molecule has 2 heterocycles. The lowest BCUT2D eigenvalue weighted by Gasteiger charge is -2.08. The summed E-state index contributed by atoms with van der Waals surface area (Å²) in [5, 5.41) is 6.62. The Morgan fingerprint density at radius 1 is 1.13 bits per heavy atom. The highest BCUT2D eigenvalue weighted by Crippen LogP contribution is 2.20. The minimum atomic E-state index is -0.554. The van der Waals surface area contributed by atoms with Gasteiger partial charge in [0.05, 0.1) is 0 Å². The summed E-state index contributed by atoms with van der Waals surface area (Å²) in [4.78, 5) is 16.7. The molecule has 7 nitrogen and oxygen atoms in total. The van der Waals surface area contributed by atoms with Gasteiger partial charge in [0, 0.05) is 10.0 Å². The van der Waals surface area contributed by atoms with Crippen molar-refractivity contribution in [3.05, 3.63) is 88.4 Å². The number of carbonyl (C=O) groups is 1. The molecule has 0 saturated carbocycles. The monoisotopic (exact) mass is 485 g/mol. The fraction of sp³-hybridized carbons (Fsp3) is 0.136. The quantitative estimate of drug-likeness (QED) is 0.381. The van der Waals surface area contributed by atoms with Gasteiger partial charge in [0.1, 0.15) is 30.0 Å². The average Bonchev–Trinajstić information content (AvgIpc) is 3.44. The van der Waals surface area contributed by atoms with Gasteiger partial charge in [0.15, 0.2) is 5.76 Å². The molecule has 0 aliphatic rings. The Hall–Kier alpha value is -3.46. The molecule has 1 N–H and O–H groups in total. The highest BCUT2D eigenvalue weighted by atomic mass is 79.9. The molecule has 0 fully saturated rings. The highest BCUT2D eigenvalue weighted by molar-refractivity contribution is 9.10. The van der Waals surface area contributed by atoms with Gasteiger partial charge in [0.25, 0.3) is 5.91 Å². The summed E-state index contributed by atoms with van der Waals surface area (Å²) >= 11 is 3.37. The number of nitrogens with one attached hydrogen (secondary N) is 1. The molecular weight excluding hydrogens is 469 g/mol. The molecule has 0 aliphatic heterocycles. The van der Waals surface area contributed by atoms with Gasteiger partial charge >= 0.3 is 0 Å². The zero-order valence-corrected chi connectivity index (χ0v) is 17.9.